The number of hydrogen-bond acceptors (Lipinski definition) is 2. The average molecular weight is 204 g/mol. The van der Waals surface area contributed by atoms with Gasteiger partial charge in [0.05, 0.1) is 26.4 Å². The van der Waals surface area contributed by atoms with Gasteiger partial charge in [0.1, 0.15) is 0 Å². The maximum atomic E-state index is 5.42. The van der Waals surface area contributed by atoms with Gasteiger partial charge >= 0.3 is 0 Å². The highest BCUT2D eigenvalue weighted by Crippen LogP contribution is 1.99. The van der Waals surface area contributed by atoms with Crippen molar-refractivity contribution in [3.63, 3.8) is 0 Å². The first-order chi connectivity index (χ1) is 7.43. The van der Waals surface area contributed by atoms with Gasteiger partial charge in [-0.05, 0) is 5.56 Å². The van der Waals surface area contributed by atoms with Crippen LogP contribution in [-0.4, -0.2) is 19.8 Å². The molecule has 0 aliphatic rings. The van der Waals surface area contributed by atoms with E-state index in [0.29, 0.717) is 32.8 Å². The third-order valence-corrected chi connectivity index (χ3v) is 1.87. The molecule has 2 heteroatoms. The molecule has 0 amide bonds. The topological polar surface area (TPSA) is 18.5 Å². The third kappa shape index (κ3) is 5.90. The lowest BCUT2D eigenvalue weighted by Gasteiger charge is -2.04. The number of rotatable bonds is 7. The van der Waals surface area contributed by atoms with Crippen molar-refractivity contribution in [3.8, 4) is 12.3 Å². The Kier molecular flexibility index (Phi) is 6.31. The standard InChI is InChI=1S/C13H16O2/c1-2-3-9-14-10-11-15-12-13-7-5-4-6-8-13/h1,4-8H,3,9-12H2. The number of ether oxygens (including phenoxy) is 2. The van der Waals surface area contributed by atoms with Gasteiger partial charge in [0.15, 0.2) is 0 Å². The summed E-state index contributed by atoms with van der Waals surface area (Å²) in [6, 6.07) is 10.1. The van der Waals surface area contributed by atoms with E-state index in [0.717, 1.165) is 0 Å². The monoisotopic (exact) mass is 204 g/mol. The van der Waals surface area contributed by atoms with Crippen LogP contribution >= 0.6 is 0 Å². The van der Waals surface area contributed by atoms with Crippen LogP contribution in [0.15, 0.2) is 30.3 Å². The van der Waals surface area contributed by atoms with E-state index in [-0.39, 0.29) is 0 Å². The maximum Gasteiger partial charge on any atom is 0.0718 e. The predicted molar refractivity (Wildman–Crippen MR) is 60.4 cm³/mol. The Hall–Kier alpha value is -1.30. The lowest BCUT2D eigenvalue weighted by atomic mass is 10.2. The van der Waals surface area contributed by atoms with Gasteiger partial charge in [-0.1, -0.05) is 30.3 Å². The van der Waals surface area contributed by atoms with Crippen LogP contribution in [0.4, 0.5) is 0 Å². The second-order valence-corrected chi connectivity index (χ2v) is 3.10. The fourth-order valence-corrected chi connectivity index (χ4v) is 1.12. The molecule has 1 aromatic carbocycles. The molecule has 0 radical (unpaired) electrons. The normalized spacial score (nSPS) is 9.80. The first kappa shape index (κ1) is 11.8. The molecule has 2 nitrogen and oxygen atoms in total. The highest BCUT2D eigenvalue weighted by Gasteiger charge is 1.91. The summed E-state index contributed by atoms with van der Waals surface area (Å²) in [6.45, 7) is 2.47. The van der Waals surface area contributed by atoms with E-state index < -0.39 is 0 Å². The minimum absolute atomic E-state index is 0.606. The lowest BCUT2D eigenvalue weighted by molar-refractivity contribution is 0.0426. The number of terminal acetylenes is 1. The summed E-state index contributed by atoms with van der Waals surface area (Å²) >= 11 is 0. The van der Waals surface area contributed by atoms with Crippen molar-refractivity contribution in [3.05, 3.63) is 35.9 Å². The molecule has 0 unspecified atom stereocenters. The molecule has 1 rings (SSSR count). The molecule has 0 heterocycles. The first-order valence-electron chi connectivity index (χ1n) is 5.06. The first-order valence-corrected chi connectivity index (χ1v) is 5.06. The Morgan fingerprint density at radius 1 is 1.00 bits per heavy atom. The van der Waals surface area contributed by atoms with Crippen molar-refractivity contribution in [1.29, 1.82) is 0 Å². The van der Waals surface area contributed by atoms with E-state index in [1.54, 1.807) is 0 Å². The molecule has 0 saturated carbocycles. The lowest BCUT2D eigenvalue weighted by Crippen LogP contribution is -2.04. The van der Waals surface area contributed by atoms with Crippen LogP contribution in [0.3, 0.4) is 0 Å². The fourth-order valence-electron chi connectivity index (χ4n) is 1.12. The Labute approximate surface area is 91.2 Å². The van der Waals surface area contributed by atoms with Crippen molar-refractivity contribution in [2.75, 3.05) is 19.8 Å². The van der Waals surface area contributed by atoms with Crippen LogP contribution in [0.2, 0.25) is 0 Å². The second-order valence-electron chi connectivity index (χ2n) is 3.10. The van der Waals surface area contributed by atoms with Gasteiger partial charge in [0.2, 0.25) is 0 Å². The molecule has 0 spiro atoms. The van der Waals surface area contributed by atoms with Crippen molar-refractivity contribution >= 4 is 0 Å². The van der Waals surface area contributed by atoms with Gasteiger partial charge < -0.3 is 9.47 Å². The second kappa shape index (κ2) is 8.05. The third-order valence-electron chi connectivity index (χ3n) is 1.87. The Bertz CT molecular complexity index is 287. The summed E-state index contributed by atoms with van der Waals surface area (Å²) in [4.78, 5) is 0. The highest BCUT2D eigenvalue weighted by atomic mass is 16.5. The zero-order valence-electron chi connectivity index (χ0n) is 8.82. The minimum Gasteiger partial charge on any atom is -0.378 e. The van der Waals surface area contributed by atoms with E-state index >= 15 is 0 Å². The molecule has 80 valence electrons. The summed E-state index contributed by atoms with van der Waals surface area (Å²) in [5.74, 6) is 2.52. The van der Waals surface area contributed by atoms with Gasteiger partial charge in [0.25, 0.3) is 0 Å². The number of hydrogen-bond donors (Lipinski definition) is 0. The molecule has 1 aromatic rings. The Morgan fingerprint density at radius 2 is 1.73 bits per heavy atom. The number of benzene rings is 1. The molecule has 0 aliphatic heterocycles. The quantitative estimate of drug-likeness (QED) is 0.501. The van der Waals surface area contributed by atoms with Gasteiger partial charge in [0, 0.05) is 6.42 Å². The van der Waals surface area contributed by atoms with Crippen LogP contribution in [0.1, 0.15) is 12.0 Å². The highest BCUT2D eigenvalue weighted by molar-refractivity contribution is 5.13. The van der Waals surface area contributed by atoms with Crippen LogP contribution in [0.25, 0.3) is 0 Å². The largest absolute Gasteiger partial charge is 0.378 e. The molecule has 0 bridgehead atoms. The summed E-state index contributed by atoms with van der Waals surface area (Å²) in [5.41, 5.74) is 1.18. The van der Waals surface area contributed by atoms with Crippen LogP contribution in [0, 0.1) is 12.3 Å². The summed E-state index contributed by atoms with van der Waals surface area (Å²) < 4.78 is 10.7. The van der Waals surface area contributed by atoms with E-state index in [1.807, 2.05) is 30.3 Å². The van der Waals surface area contributed by atoms with Gasteiger partial charge in [-0.2, -0.15) is 0 Å². The molecule has 0 saturated heterocycles. The van der Waals surface area contributed by atoms with E-state index in [9.17, 15) is 0 Å². The van der Waals surface area contributed by atoms with Crippen LogP contribution in [-0.2, 0) is 16.1 Å². The SMILES string of the molecule is C#CCCOCCOCc1ccccc1. The fraction of sp³-hybridized carbons (Fsp3) is 0.385. The zero-order valence-corrected chi connectivity index (χ0v) is 8.82. The maximum absolute atomic E-state index is 5.42. The van der Waals surface area contributed by atoms with Crippen LogP contribution in [0.5, 0.6) is 0 Å². The molecular formula is C13H16O2. The van der Waals surface area contributed by atoms with E-state index in [1.165, 1.54) is 5.56 Å². The Morgan fingerprint density at radius 3 is 2.47 bits per heavy atom. The zero-order chi connectivity index (χ0) is 10.8. The van der Waals surface area contributed by atoms with Crippen molar-refractivity contribution in [2.45, 2.75) is 13.0 Å². The predicted octanol–water partition coefficient (Wildman–Crippen LogP) is 2.24. The molecule has 15 heavy (non-hydrogen) atoms. The van der Waals surface area contributed by atoms with Crippen LogP contribution < -0.4 is 0 Å². The summed E-state index contributed by atoms with van der Waals surface area (Å²) in [5, 5.41) is 0. The summed E-state index contributed by atoms with van der Waals surface area (Å²) in [7, 11) is 0. The van der Waals surface area contributed by atoms with E-state index in [4.69, 9.17) is 15.9 Å². The van der Waals surface area contributed by atoms with Gasteiger partial charge in [-0.25, -0.2) is 0 Å². The van der Waals surface area contributed by atoms with Gasteiger partial charge in [-0.15, -0.1) is 12.3 Å². The average Bonchev–Trinajstić information content (AvgIpc) is 2.29. The molecule has 0 fully saturated rings. The molecular weight excluding hydrogens is 188 g/mol. The molecule has 0 atom stereocenters. The van der Waals surface area contributed by atoms with Crippen molar-refractivity contribution < 1.29 is 9.47 Å². The smallest absolute Gasteiger partial charge is 0.0718 e. The van der Waals surface area contributed by atoms with Crippen molar-refractivity contribution in [2.24, 2.45) is 0 Å². The summed E-state index contributed by atoms with van der Waals surface area (Å²) in [6.07, 6.45) is 5.75. The van der Waals surface area contributed by atoms with E-state index in [2.05, 4.69) is 5.92 Å². The minimum atomic E-state index is 0.606. The van der Waals surface area contributed by atoms with Gasteiger partial charge in [-0.3, -0.25) is 0 Å². The molecule has 0 N–H and O–H groups in total. The molecule has 0 aliphatic carbocycles. The molecule has 0 aromatic heterocycles. The Balaban J connectivity index is 1.96. The van der Waals surface area contributed by atoms with Crippen molar-refractivity contribution in [1.82, 2.24) is 0 Å².